The lowest BCUT2D eigenvalue weighted by atomic mass is 10.1. The summed E-state index contributed by atoms with van der Waals surface area (Å²) < 4.78 is 31.5. The Morgan fingerprint density at radius 2 is 1.79 bits per heavy atom. The SMILES string of the molecule is COc1ccccc1NC(=O)c1cc(S(=O)(=O)N(C)C)ccc1N1CCCC1. The largest absolute Gasteiger partial charge is 0.495 e. The van der Waals surface area contributed by atoms with E-state index in [1.807, 2.05) is 6.07 Å². The van der Waals surface area contributed by atoms with Gasteiger partial charge >= 0.3 is 0 Å². The summed E-state index contributed by atoms with van der Waals surface area (Å²) in [7, 11) is 0.825. The Balaban J connectivity index is 2.03. The molecule has 1 heterocycles. The lowest BCUT2D eigenvalue weighted by Crippen LogP contribution is -2.25. The number of benzene rings is 2. The summed E-state index contributed by atoms with van der Waals surface area (Å²) in [5.74, 6) is 0.165. The number of nitrogens with one attached hydrogen (secondary N) is 1. The van der Waals surface area contributed by atoms with Crippen molar-refractivity contribution in [2.24, 2.45) is 0 Å². The van der Waals surface area contributed by atoms with Gasteiger partial charge < -0.3 is 15.0 Å². The molecule has 150 valence electrons. The van der Waals surface area contributed by atoms with Crippen molar-refractivity contribution in [3.63, 3.8) is 0 Å². The highest BCUT2D eigenvalue weighted by molar-refractivity contribution is 7.89. The number of carbonyl (C=O) groups excluding carboxylic acids is 1. The number of ether oxygens (including phenoxy) is 1. The highest BCUT2D eigenvalue weighted by Gasteiger charge is 2.25. The fourth-order valence-electron chi connectivity index (χ4n) is 3.24. The number of nitrogens with zero attached hydrogens (tertiary/aromatic N) is 2. The van der Waals surface area contributed by atoms with Crippen molar-refractivity contribution in [3.8, 4) is 5.75 Å². The molecule has 2 aromatic rings. The maximum atomic E-state index is 13.1. The highest BCUT2D eigenvalue weighted by atomic mass is 32.2. The van der Waals surface area contributed by atoms with Crippen LogP contribution in [0.1, 0.15) is 23.2 Å². The molecular weight excluding hydrogens is 378 g/mol. The van der Waals surface area contributed by atoms with Gasteiger partial charge in [0.05, 0.1) is 23.3 Å². The fourth-order valence-corrected chi connectivity index (χ4v) is 4.17. The molecule has 0 bridgehead atoms. The first kappa shape index (κ1) is 20.2. The fraction of sp³-hybridized carbons (Fsp3) is 0.350. The molecule has 1 aliphatic rings. The van der Waals surface area contributed by atoms with Crippen LogP contribution >= 0.6 is 0 Å². The van der Waals surface area contributed by atoms with Crippen LogP contribution in [-0.4, -0.2) is 52.9 Å². The molecule has 0 spiro atoms. The molecule has 0 radical (unpaired) electrons. The number of sulfonamides is 1. The van der Waals surface area contributed by atoms with E-state index in [4.69, 9.17) is 4.74 Å². The zero-order chi connectivity index (χ0) is 20.3. The molecule has 7 nitrogen and oxygen atoms in total. The van der Waals surface area contributed by atoms with Gasteiger partial charge in [-0.15, -0.1) is 0 Å². The first-order valence-corrected chi connectivity index (χ1v) is 10.5. The molecule has 8 heteroatoms. The Bertz CT molecular complexity index is 967. The molecule has 1 N–H and O–H groups in total. The van der Waals surface area contributed by atoms with Crippen LogP contribution in [0.15, 0.2) is 47.4 Å². The first-order chi connectivity index (χ1) is 13.3. The van der Waals surface area contributed by atoms with Gasteiger partial charge in [-0.2, -0.15) is 0 Å². The predicted molar refractivity (Wildman–Crippen MR) is 110 cm³/mol. The van der Waals surface area contributed by atoms with E-state index in [0.29, 0.717) is 17.0 Å². The van der Waals surface area contributed by atoms with Crippen LogP contribution in [0.3, 0.4) is 0 Å². The third-order valence-corrected chi connectivity index (χ3v) is 6.60. The Labute approximate surface area is 166 Å². The molecule has 0 atom stereocenters. The van der Waals surface area contributed by atoms with Crippen molar-refractivity contribution in [2.45, 2.75) is 17.7 Å². The number of para-hydroxylation sites is 2. The van der Waals surface area contributed by atoms with Crippen LogP contribution in [0.2, 0.25) is 0 Å². The van der Waals surface area contributed by atoms with E-state index in [2.05, 4.69) is 10.2 Å². The average Bonchev–Trinajstić information content (AvgIpc) is 3.22. The van der Waals surface area contributed by atoms with Crippen LogP contribution in [-0.2, 0) is 10.0 Å². The van der Waals surface area contributed by atoms with Gasteiger partial charge in [0.15, 0.2) is 0 Å². The summed E-state index contributed by atoms with van der Waals surface area (Å²) in [6, 6.07) is 11.8. The standard InChI is InChI=1S/C20H25N3O4S/c1-22(2)28(25,26)15-10-11-18(23-12-6-7-13-23)16(14-15)20(24)21-17-8-4-5-9-19(17)27-3/h4-5,8-11,14H,6-7,12-13H2,1-3H3,(H,21,24). The molecule has 1 aliphatic heterocycles. The molecule has 0 saturated carbocycles. The van der Waals surface area contributed by atoms with Crippen molar-refractivity contribution >= 4 is 27.3 Å². The summed E-state index contributed by atoms with van der Waals surface area (Å²) in [4.78, 5) is 15.3. The van der Waals surface area contributed by atoms with E-state index in [1.165, 1.54) is 27.3 Å². The average molecular weight is 404 g/mol. The number of rotatable bonds is 6. The van der Waals surface area contributed by atoms with Crippen LogP contribution < -0.4 is 15.0 Å². The Kier molecular flexibility index (Phi) is 5.90. The Morgan fingerprint density at radius 1 is 1.11 bits per heavy atom. The van der Waals surface area contributed by atoms with Gasteiger partial charge in [-0.25, -0.2) is 12.7 Å². The van der Waals surface area contributed by atoms with Gasteiger partial charge in [0, 0.05) is 32.9 Å². The topological polar surface area (TPSA) is 78.9 Å². The van der Waals surface area contributed by atoms with Crippen molar-refractivity contribution in [1.29, 1.82) is 0 Å². The maximum absolute atomic E-state index is 13.1. The second-order valence-corrected chi connectivity index (χ2v) is 8.97. The monoisotopic (exact) mass is 403 g/mol. The van der Waals surface area contributed by atoms with Crippen molar-refractivity contribution in [1.82, 2.24) is 4.31 Å². The second kappa shape index (κ2) is 8.20. The van der Waals surface area contributed by atoms with Crippen molar-refractivity contribution in [2.75, 3.05) is 44.5 Å². The third kappa shape index (κ3) is 3.98. The van der Waals surface area contributed by atoms with Crippen molar-refractivity contribution in [3.05, 3.63) is 48.0 Å². The molecular formula is C20H25N3O4S. The van der Waals surface area contributed by atoms with Gasteiger partial charge in [-0.05, 0) is 43.2 Å². The molecule has 2 aromatic carbocycles. The van der Waals surface area contributed by atoms with E-state index in [-0.39, 0.29) is 10.8 Å². The summed E-state index contributed by atoms with van der Waals surface area (Å²) >= 11 is 0. The summed E-state index contributed by atoms with van der Waals surface area (Å²) in [6.45, 7) is 1.68. The van der Waals surface area contributed by atoms with Gasteiger partial charge in [0.2, 0.25) is 10.0 Å². The molecule has 28 heavy (non-hydrogen) atoms. The van der Waals surface area contributed by atoms with Crippen LogP contribution in [0.25, 0.3) is 0 Å². The Hall–Kier alpha value is -2.58. The first-order valence-electron chi connectivity index (χ1n) is 9.10. The number of anilines is 2. The minimum Gasteiger partial charge on any atom is -0.495 e. The van der Waals surface area contributed by atoms with E-state index in [1.54, 1.807) is 30.3 Å². The van der Waals surface area contributed by atoms with Crippen LogP contribution in [0.5, 0.6) is 5.75 Å². The van der Waals surface area contributed by atoms with Gasteiger partial charge in [0.1, 0.15) is 5.75 Å². The summed E-state index contributed by atoms with van der Waals surface area (Å²) in [5.41, 5.74) is 1.60. The predicted octanol–water partition coefficient (Wildman–Crippen LogP) is 2.80. The van der Waals surface area contributed by atoms with Crippen LogP contribution in [0, 0.1) is 0 Å². The van der Waals surface area contributed by atoms with E-state index in [9.17, 15) is 13.2 Å². The molecule has 3 rings (SSSR count). The van der Waals surface area contributed by atoms with Gasteiger partial charge in [0.25, 0.3) is 5.91 Å². The lowest BCUT2D eigenvalue weighted by Gasteiger charge is -2.22. The molecule has 0 aliphatic carbocycles. The summed E-state index contributed by atoms with van der Waals surface area (Å²) in [5, 5.41) is 2.85. The normalized spacial score (nSPS) is 14.4. The van der Waals surface area contributed by atoms with E-state index >= 15 is 0 Å². The molecule has 1 fully saturated rings. The molecule has 0 unspecified atom stereocenters. The number of methoxy groups -OCH3 is 1. The van der Waals surface area contributed by atoms with E-state index in [0.717, 1.165) is 35.9 Å². The number of hydrogen-bond donors (Lipinski definition) is 1. The van der Waals surface area contributed by atoms with E-state index < -0.39 is 10.0 Å². The molecule has 1 amide bonds. The molecule has 0 aromatic heterocycles. The minimum atomic E-state index is -3.65. The minimum absolute atomic E-state index is 0.0885. The van der Waals surface area contributed by atoms with Gasteiger partial charge in [-0.3, -0.25) is 4.79 Å². The third-order valence-electron chi connectivity index (χ3n) is 4.79. The number of carbonyl (C=O) groups is 1. The molecule has 1 saturated heterocycles. The zero-order valence-corrected chi connectivity index (χ0v) is 17.1. The van der Waals surface area contributed by atoms with Gasteiger partial charge in [-0.1, -0.05) is 12.1 Å². The number of hydrogen-bond acceptors (Lipinski definition) is 5. The van der Waals surface area contributed by atoms with Crippen LogP contribution in [0.4, 0.5) is 11.4 Å². The Morgan fingerprint density at radius 3 is 2.43 bits per heavy atom. The maximum Gasteiger partial charge on any atom is 0.257 e. The quantitative estimate of drug-likeness (QED) is 0.802. The zero-order valence-electron chi connectivity index (χ0n) is 16.3. The summed E-state index contributed by atoms with van der Waals surface area (Å²) in [6.07, 6.45) is 2.09. The lowest BCUT2D eigenvalue weighted by molar-refractivity contribution is 0.102. The van der Waals surface area contributed by atoms with Crippen molar-refractivity contribution < 1.29 is 17.9 Å². The highest BCUT2D eigenvalue weighted by Crippen LogP contribution is 2.30. The second-order valence-electron chi connectivity index (χ2n) is 6.81. The smallest absolute Gasteiger partial charge is 0.257 e. The number of amides is 1.